The van der Waals surface area contributed by atoms with Crippen molar-refractivity contribution in [2.75, 3.05) is 0 Å². The number of aryl methyl sites for hydroxylation is 1. The molecule has 1 aliphatic carbocycles. The molecular formula is C32H29N2P+2. The molecule has 0 amide bonds. The molecule has 3 aromatic carbocycles. The molecule has 3 heteroatoms. The molecule has 0 radical (unpaired) electrons. The topological polar surface area (TPSA) is 7.76 Å². The van der Waals surface area contributed by atoms with Gasteiger partial charge < -0.3 is 0 Å². The smallest absolute Gasteiger partial charge is 0.201 e. The van der Waals surface area contributed by atoms with Crippen LogP contribution in [0.25, 0.3) is 54.8 Å². The minimum Gasteiger partial charge on any atom is -0.201 e. The first-order valence-electron chi connectivity index (χ1n) is 12.7. The molecule has 6 aromatic rings. The van der Waals surface area contributed by atoms with Crippen LogP contribution in [-0.2, 0) is 18.9 Å². The van der Waals surface area contributed by atoms with Crippen molar-refractivity contribution in [1.29, 1.82) is 0 Å². The zero-order chi connectivity index (χ0) is 23.8. The number of rotatable bonds is 1. The minimum atomic E-state index is -0.588. The summed E-state index contributed by atoms with van der Waals surface area (Å²) in [7, 11) is 1.62. The normalized spacial score (nSPS) is 17.3. The van der Waals surface area contributed by atoms with Crippen LogP contribution in [0.15, 0.2) is 60.8 Å². The average molecular weight is 473 g/mol. The maximum Gasteiger partial charge on any atom is 0.223 e. The first-order chi connectivity index (χ1) is 16.8. The van der Waals surface area contributed by atoms with Crippen molar-refractivity contribution in [1.82, 2.24) is 0 Å². The monoisotopic (exact) mass is 472 g/mol. The number of fused-ring (bicyclic) bond motifs is 4. The van der Waals surface area contributed by atoms with Gasteiger partial charge in [0.2, 0.25) is 16.6 Å². The lowest BCUT2D eigenvalue weighted by molar-refractivity contribution is -0.660. The van der Waals surface area contributed by atoms with Gasteiger partial charge in [0.1, 0.15) is 7.05 Å². The van der Waals surface area contributed by atoms with Crippen LogP contribution in [-0.4, -0.2) is 0 Å². The van der Waals surface area contributed by atoms with Crippen molar-refractivity contribution >= 4 is 50.8 Å². The third kappa shape index (κ3) is 2.37. The Labute approximate surface area is 206 Å². The second-order valence-electron chi connectivity index (χ2n) is 11.7. The molecule has 4 heterocycles. The van der Waals surface area contributed by atoms with Crippen molar-refractivity contribution in [3.05, 3.63) is 82.9 Å². The van der Waals surface area contributed by atoms with E-state index in [4.69, 9.17) is 0 Å². The predicted octanol–water partition coefficient (Wildman–Crippen LogP) is 7.59. The molecular weight excluding hydrogens is 443 g/mol. The Kier molecular flexibility index (Phi) is 3.61. The molecule has 2 atom stereocenters. The van der Waals surface area contributed by atoms with Crippen LogP contribution in [0.1, 0.15) is 55.7 Å². The Bertz CT molecular complexity index is 1930. The zero-order valence-corrected chi connectivity index (χ0v) is 21.9. The summed E-state index contributed by atoms with van der Waals surface area (Å²) in [6.07, 6.45) is 8.04. The van der Waals surface area contributed by atoms with Gasteiger partial charge in [0.25, 0.3) is 0 Å². The molecule has 1 aliphatic heterocycles. The fourth-order valence-corrected chi connectivity index (χ4v) is 10.1. The maximum absolute atomic E-state index is 2.53. The Morgan fingerprint density at radius 3 is 2.49 bits per heavy atom. The summed E-state index contributed by atoms with van der Waals surface area (Å²) in [5.41, 5.74) is 10.3. The Morgan fingerprint density at radius 1 is 0.886 bits per heavy atom. The maximum atomic E-state index is 2.53. The van der Waals surface area contributed by atoms with Gasteiger partial charge in [-0.1, -0.05) is 45.0 Å². The zero-order valence-electron chi connectivity index (χ0n) is 21.0. The number of aromatic nitrogens is 2. The molecule has 0 fully saturated rings. The number of allylic oxidation sites excluding steroid dienone is 1. The molecule has 35 heavy (non-hydrogen) atoms. The van der Waals surface area contributed by atoms with Crippen molar-refractivity contribution in [2.45, 2.75) is 45.4 Å². The third-order valence-electron chi connectivity index (χ3n) is 8.52. The van der Waals surface area contributed by atoms with Crippen molar-refractivity contribution < 1.29 is 9.13 Å². The molecule has 2 aliphatic rings. The molecule has 0 N–H and O–H groups in total. The summed E-state index contributed by atoms with van der Waals surface area (Å²) in [4.78, 5) is 0. The van der Waals surface area contributed by atoms with Gasteiger partial charge in [0.15, 0.2) is 12.4 Å². The van der Waals surface area contributed by atoms with E-state index in [-0.39, 0.29) is 5.41 Å². The van der Waals surface area contributed by atoms with Gasteiger partial charge in [-0.15, -0.1) is 0 Å². The first-order valence-corrected chi connectivity index (χ1v) is 14.1. The van der Waals surface area contributed by atoms with Gasteiger partial charge >= 0.3 is 0 Å². The fraction of sp³-hybridized carbons (Fsp3) is 0.250. The molecule has 170 valence electrons. The molecule has 3 aromatic heterocycles. The molecule has 0 saturated heterocycles. The Hall–Kier alpha value is -3.22. The van der Waals surface area contributed by atoms with Gasteiger partial charge in [-0.25, -0.2) is 4.57 Å². The summed E-state index contributed by atoms with van der Waals surface area (Å²) in [6.45, 7) is 9.32. The Morgan fingerprint density at radius 2 is 1.66 bits per heavy atom. The van der Waals surface area contributed by atoms with E-state index in [9.17, 15) is 0 Å². The summed E-state index contributed by atoms with van der Waals surface area (Å²) in [5.74, 6) is 0.466. The number of nitrogens with zero attached hydrogens (tertiary/aromatic N) is 2. The van der Waals surface area contributed by atoms with E-state index in [1.54, 1.807) is 21.0 Å². The van der Waals surface area contributed by atoms with Gasteiger partial charge in [-0.3, -0.25) is 0 Å². The molecule has 0 saturated carbocycles. The summed E-state index contributed by atoms with van der Waals surface area (Å²) < 4.78 is 4.86. The molecule has 0 bridgehead atoms. The fourth-order valence-electron chi connectivity index (χ4n) is 6.75. The van der Waals surface area contributed by atoms with Crippen LogP contribution < -0.4 is 9.13 Å². The molecule has 0 spiro atoms. The number of benzene rings is 3. The summed E-state index contributed by atoms with van der Waals surface area (Å²) in [5, 5.41) is 9.19. The van der Waals surface area contributed by atoms with E-state index < -0.39 is 7.34 Å². The second-order valence-corrected chi connectivity index (χ2v) is 13.7. The van der Waals surface area contributed by atoms with Crippen LogP contribution in [0, 0.1) is 0 Å². The predicted molar refractivity (Wildman–Crippen MR) is 148 cm³/mol. The van der Waals surface area contributed by atoms with Gasteiger partial charge in [-0.05, 0) is 65.7 Å². The number of hydrogen-bond acceptors (Lipinski definition) is 0. The summed E-state index contributed by atoms with van der Waals surface area (Å²) in [6, 6.07) is 19.1. The standard InChI is InChI=1S/C32H29N2P/c1-18-12-15-34-24-11-9-21-16-20-7-6-19-8-10-23(25-17-22(32(2,3)4)13-14-33(25)5)29-27(19)26(20)28(21)30(24)35(29)31(18)34/h6-15,17-18H,16H2,1-5H3/q+2. The molecule has 8 rings (SSSR count). The van der Waals surface area contributed by atoms with E-state index in [0.717, 1.165) is 6.42 Å². The lowest BCUT2D eigenvalue weighted by Crippen LogP contribution is -2.31. The highest BCUT2D eigenvalue weighted by Crippen LogP contribution is 2.58. The highest BCUT2D eigenvalue weighted by Gasteiger charge is 2.37. The second kappa shape index (κ2) is 6.31. The van der Waals surface area contributed by atoms with E-state index in [0.29, 0.717) is 5.92 Å². The highest BCUT2D eigenvalue weighted by molar-refractivity contribution is 7.59. The van der Waals surface area contributed by atoms with Gasteiger partial charge in [0.05, 0.1) is 16.6 Å². The Balaban J connectivity index is 1.66. The van der Waals surface area contributed by atoms with E-state index in [2.05, 4.69) is 111 Å². The SMILES string of the molecule is CC1C=C[n+]2c1p1c3c(-c4cc(C(C)(C)C)cc[n+]4C)ccc4ccc5c(c6c(ccc2c61)C5)c43. The lowest BCUT2D eigenvalue weighted by Gasteiger charge is -2.19. The highest BCUT2D eigenvalue weighted by atomic mass is 31.1. The van der Waals surface area contributed by atoms with Crippen molar-refractivity contribution in [3.8, 4) is 11.3 Å². The third-order valence-corrected chi connectivity index (χ3v) is 11.4. The van der Waals surface area contributed by atoms with E-state index in [1.165, 1.54) is 49.6 Å². The lowest BCUT2D eigenvalue weighted by atomic mass is 9.86. The van der Waals surface area contributed by atoms with Crippen molar-refractivity contribution in [2.24, 2.45) is 7.05 Å². The van der Waals surface area contributed by atoms with Gasteiger partial charge in [0, 0.05) is 34.1 Å². The van der Waals surface area contributed by atoms with Crippen LogP contribution >= 0.6 is 7.34 Å². The van der Waals surface area contributed by atoms with Crippen molar-refractivity contribution in [3.63, 3.8) is 0 Å². The van der Waals surface area contributed by atoms with E-state index >= 15 is 0 Å². The van der Waals surface area contributed by atoms with Crippen LogP contribution in [0.2, 0.25) is 0 Å². The number of pyridine rings is 1. The molecule has 2 unspecified atom stereocenters. The molecule has 2 nitrogen and oxygen atoms in total. The largest absolute Gasteiger partial charge is 0.223 e. The van der Waals surface area contributed by atoms with Crippen LogP contribution in [0.5, 0.6) is 0 Å². The van der Waals surface area contributed by atoms with Crippen LogP contribution in [0.4, 0.5) is 0 Å². The average Bonchev–Trinajstić information content (AvgIpc) is 3.49. The van der Waals surface area contributed by atoms with E-state index in [1.807, 2.05) is 0 Å². The quantitative estimate of drug-likeness (QED) is 0.132. The minimum absolute atomic E-state index is 0.112. The van der Waals surface area contributed by atoms with Crippen LogP contribution in [0.3, 0.4) is 0 Å². The van der Waals surface area contributed by atoms with Gasteiger partial charge in [-0.2, -0.15) is 4.57 Å². The number of hydrogen-bond donors (Lipinski definition) is 0. The first kappa shape index (κ1) is 20.0. The summed E-state index contributed by atoms with van der Waals surface area (Å²) >= 11 is 0.